The smallest absolute Gasteiger partial charge is 0.226 e. The van der Waals surface area contributed by atoms with Crippen LogP contribution in [0.15, 0.2) is 46.1 Å². The van der Waals surface area contributed by atoms with Crippen molar-refractivity contribution in [2.24, 2.45) is 0 Å². The molecule has 24 heavy (non-hydrogen) atoms. The van der Waals surface area contributed by atoms with Gasteiger partial charge in [-0.2, -0.15) is 5.10 Å². The maximum atomic E-state index is 12.0. The van der Waals surface area contributed by atoms with Crippen molar-refractivity contribution in [3.63, 3.8) is 0 Å². The number of hydrogen-bond acceptors (Lipinski definition) is 5. The van der Waals surface area contributed by atoms with Gasteiger partial charge in [0, 0.05) is 10.9 Å². The third-order valence-corrected chi connectivity index (χ3v) is 5.27. The Balaban J connectivity index is 1.52. The fourth-order valence-electron chi connectivity index (χ4n) is 2.19. The first-order chi connectivity index (χ1) is 11.7. The fraction of sp³-hybridized carbons (Fsp3) is 0.235. The number of aromatic nitrogens is 3. The lowest BCUT2D eigenvalue weighted by Crippen LogP contribution is -2.24. The normalized spacial score (nSPS) is 10.7. The third kappa shape index (κ3) is 4.46. The van der Waals surface area contributed by atoms with Crippen LogP contribution in [0.25, 0.3) is 11.3 Å². The number of amides is 1. The molecule has 0 bridgehead atoms. The summed E-state index contributed by atoms with van der Waals surface area (Å²) in [5.41, 5.74) is 3.63. The van der Waals surface area contributed by atoms with E-state index in [1.54, 1.807) is 23.1 Å². The Kier molecular flexibility index (Phi) is 5.66. The zero-order valence-corrected chi connectivity index (χ0v) is 14.9. The van der Waals surface area contributed by atoms with Gasteiger partial charge in [-0.3, -0.25) is 9.89 Å². The van der Waals surface area contributed by atoms with Crippen LogP contribution in [0.5, 0.6) is 0 Å². The number of nitrogens with zero attached hydrogens (tertiary/aromatic N) is 2. The van der Waals surface area contributed by atoms with Gasteiger partial charge in [0.2, 0.25) is 5.91 Å². The minimum Gasteiger partial charge on any atom is -0.350 e. The Morgan fingerprint density at radius 3 is 2.96 bits per heavy atom. The average Bonchev–Trinajstić information content (AvgIpc) is 3.24. The van der Waals surface area contributed by atoms with Crippen molar-refractivity contribution in [2.75, 3.05) is 5.75 Å². The molecule has 2 N–H and O–H groups in total. The van der Waals surface area contributed by atoms with E-state index < -0.39 is 0 Å². The lowest BCUT2D eigenvalue weighted by atomic mass is 10.1. The highest BCUT2D eigenvalue weighted by Crippen LogP contribution is 2.22. The molecule has 2 heterocycles. The van der Waals surface area contributed by atoms with Crippen molar-refractivity contribution in [2.45, 2.75) is 24.2 Å². The Labute approximate surface area is 148 Å². The highest BCUT2D eigenvalue weighted by Gasteiger charge is 2.09. The molecule has 0 atom stereocenters. The number of thioether (sulfide) groups is 1. The Bertz CT molecular complexity index is 798. The van der Waals surface area contributed by atoms with Crippen LogP contribution in [0.4, 0.5) is 0 Å². The van der Waals surface area contributed by atoms with E-state index in [1.165, 1.54) is 0 Å². The number of carbonyl (C=O) groups excluding carboxylic acids is 1. The van der Waals surface area contributed by atoms with Crippen molar-refractivity contribution >= 4 is 29.0 Å². The SMILES string of the molecule is CCSc1nc(CC(=O)NCc2cc(-c3ccccc3)n[nH]2)cs1. The lowest BCUT2D eigenvalue weighted by Gasteiger charge is -2.01. The molecule has 0 saturated heterocycles. The Morgan fingerprint density at radius 1 is 1.33 bits per heavy atom. The van der Waals surface area contributed by atoms with Gasteiger partial charge in [0.1, 0.15) is 4.34 Å². The van der Waals surface area contributed by atoms with Gasteiger partial charge in [-0.25, -0.2) is 4.98 Å². The van der Waals surface area contributed by atoms with Crippen molar-refractivity contribution < 1.29 is 4.79 Å². The molecule has 124 valence electrons. The fourth-order valence-corrected chi connectivity index (χ4v) is 3.93. The van der Waals surface area contributed by atoms with Crippen molar-refractivity contribution in [1.29, 1.82) is 0 Å². The van der Waals surface area contributed by atoms with E-state index in [9.17, 15) is 4.79 Å². The highest BCUT2D eigenvalue weighted by atomic mass is 32.2. The summed E-state index contributed by atoms with van der Waals surface area (Å²) in [6.07, 6.45) is 0.306. The minimum absolute atomic E-state index is 0.0378. The molecule has 0 fully saturated rings. The first kappa shape index (κ1) is 16.7. The average molecular weight is 358 g/mol. The van der Waals surface area contributed by atoms with Crippen LogP contribution < -0.4 is 5.32 Å². The number of thiazole rings is 1. The molecule has 3 aromatic rings. The second-order valence-electron chi connectivity index (χ2n) is 5.14. The maximum Gasteiger partial charge on any atom is 0.226 e. The van der Waals surface area contributed by atoms with Crippen LogP contribution in [0, 0.1) is 0 Å². The number of hydrogen-bond donors (Lipinski definition) is 2. The van der Waals surface area contributed by atoms with Crippen LogP contribution in [0.3, 0.4) is 0 Å². The molecule has 3 rings (SSSR count). The summed E-state index contributed by atoms with van der Waals surface area (Å²) in [5, 5.41) is 12.1. The van der Waals surface area contributed by atoms with Gasteiger partial charge >= 0.3 is 0 Å². The summed E-state index contributed by atoms with van der Waals surface area (Å²) >= 11 is 3.28. The van der Waals surface area contributed by atoms with Gasteiger partial charge in [-0.1, -0.05) is 49.0 Å². The van der Waals surface area contributed by atoms with Crippen LogP contribution in [-0.4, -0.2) is 26.8 Å². The molecule has 0 aliphatic heterocycles. The van der Waals surface area contributed by atoms with E-state index in [-0.39, 0.29) is 5.91 Å². The third-order valence-electron chi connectivity index (χ3n) is 3.32. The molecular formula is C17H18N4OS2. The van der Waals surface area contributed by atoms with Crippen LogP contribution in [0.2, 0.25) is 0 Å². The lowest BCUT2D eigenvalue weighted by molar-refractivity contribution is -0.120. The molecule has 2 aromatic heterocycles. The molecule has 0 aliphatic rings. The molecular weight excluding hydrogens is 340 g/mol. The van der Waals surface area contributed by atoms with Crippen molar-refractivity contribution in [1.82, 2.24) is 20.5 Å². The maximum absolute atomic E-state index is 12.0. The van der Waals surface area contributed by atoms with E-state index in [0.29, 0.717) is 13.0 Å². The standard InChI is InChI=1S/C17H18N4OS2/c1-2-23-17-19-14(11-24-17)9-16(22)18-10-13-8-15(21-20-13)12-6-4-3-5-7-12/h3-8,11H,2,9-10H2,1H3,(H,18,22)(H,20,21). The topological polar surface area (TPSA) is 70.7 Å². The largest absolute Gasteiger partial charge is 0.350 e. The number of nitrogens with one attached hydrogen (secondary N) is 2. The van der Waals surface area contributed by atoms with Crippen LogP contribution in [-0.2, 0) is 17.8 Å². The van der Waals surface area contributed by atoms with Crippen LogP contribution in [0.1, 0.15) is 18.3 Å². The van der Waals surface area contributed by atoms with E-state index in [2.05, 4.69) is 27.4 Å². The highest BCUT2D eigenvalue weighted by molar-refractivity contribution is 8.00. The van der Waals surface area contributed by atoms with Gasteiger partial charge in [0.25, 0.3) is 0 Å². The van der Waals surface area contributed by atoms with E-state index >= 15 is 0 Å². The molecule has 0 aliphatic carbocycles. The summed E-state index contributed by atoms with van der Waals surface area (Å²) in [4.78, 5) is 16.5. The van der Waals surface area contributed by atoms with Crippen LogP contribution >= 0.6 is 23.1 Å². The molecule has 0 saturated carbocycles. The quantitative estimate of drug-likeness (QED) is 0.634. The number of carbonyl (C=O) groups is 1. The zero-order chi connectivity index (χ0) is 16.8. The number of H-pyrrole nitrogens is 1. The predicted octanol–water partition coefficient (Wildman–Crippen LogP) is 3.50. The van der Waals surface area contributed by atoms with Gasteiger partial charge < -0.3 is 5.32 Å². The summed E-state index contributed by atoms with van der Waals surface area (Å²) in [6, 6.07) is 11.9. The molecule has 0 unspecified atom stereocenters. The summed E-state index contributed by atoms with van der Waals surface area (Å²) in [5.74, 6) is 0.951. The van der Waals surface area contributed by atoms with Crippen molar-refractivity contribution in [3.05, 3.63) is 53.2 Å². The Morgan fingerprint density at radius 2 is 2.17 bits per heavy atom. The first-order valence-electron chi connectivity index (χ1n) is 7.68. The monoisotopic (exact) mass is 358 g/mol. The molecule has 1 aromatic carbocycles. The second-order valence-corrected chi connectivity index (χ2v) is 7.50. The molecule has 7 heteroatoms. The predicted molar refractivity (Wildman–Crippen MR) is 98.1 cm³/mol. The molecule has 0 radical (unpaired) electrons. The van der Waals surface area contributed by atoms with Gasteiger partial charge in [0.05, 0.1) is 30.0 Å². The number of rotatable bonds is 7. The summed E-state index contributed by atoms with van der Waals surface area (Å²) < 4.78 is 1.02. The molecule has 0 spiro atoms. The zero-order valence-electron chi connectivity index (χ0n) is 13.3. The van der Waals surface area contributed by atoms with Gasteiger partial charge in [-0.05, 0) is 11.8 Å². The van der Waals surface area contributed by atoms with Crippen molar-refractivity contribution in [3.8, 4) is 11.3 Å². The molecule has 5 nitrogen and oxygen atoms in total. The van der Waals surface area contributed by atoms with E-state index in [4.69, 9.17) is 0 Å². The van der Waals surface area contributed by atoms with E-state index in [1.807, 2.05) is 41.8 Å². The van der Waals surface area contributed by atoms with Gasteiger partial charge in [-0.15, -0.1) is 11.3 Å². The molecule has 1 amide bonds. The van der Waals surface area contributed by atoms with E-state index in [0.717, 1.165) is 32.7 Å². The first-order valence-corrected chi connectivity index (χ1v) is 9.54. The Hall–Kier alpha value is -2.12. The second kappa shape index (κ2) is 8.12. The number of aromatic amines is 1. The number of benzene rings is 1. The minimum atomic E-state index is -0.0378. The summed E-state index contributed by atoms with van der Waals surface area (Å²) in [7, 11) is 0. The van der Waals surface area contributed by atoms with Gasteiger partial charge in [0.15, 0.2) is 0 Å². The summed E-state index contributed by atoms with van der Waals surface area (Å²) in [6.45, 7) is 2.52.